The van der Waals surface area contributed by atoms with Gasteiger partial charge in [-0.25, -0.2) is 9.50 Å². The lowest BCUT2D eigenvalue weighted by Gasteiger charge is -1.94. The van der Waals surface area contributed by atoms with Gasteiger partial charge in [0.05, 0.1) is 18.5 Å². The van der Waals surface area contributed by atoms with Gasteiger partial charge in [-0.1, -0.05) is 11.3 Å². The molecular weight excluding hydrogens is 188 g/mol. The van der Waals surface area contributed by atoms with Gasteiger partial charge in [0.2, 0.25) is 10.1 Å². The van der Waals surface area contributed by atoms with Crippen molar-refractivity contribution in [2.75, 3.05) is 18.5 Å². The van der Waals surface area contributed by atoms with Crippen molar-refractivity contribution in [3.05, 3.63) is 11.9 Å². The second-order valence-corrected chi connectivity index (χ2v) is 3.62. The molecule has 2 heterocycles. The van der Waals surface area contributed by atoms with Crippen LogP contribution in [-0.4, -0.2) is 32.9 Å². The Morgan fingerprint density at radius 2 is 2.54 bits per heavy atom. The normalized spacial score (nSPS) is 10.9. The Labute approximate surface area is 79.0 Å². The first-order chi connectivity index (χ1) is 6.29. The van der Waals surface area contributed by atoms with Crippen molar-refractivity contribution in [1.82, 2.24) is 14.6 Å². The smallest absolute Gasteiger partial charge is 0.214 e. The number of nitrogens with one attached hydrogen (secondary N) is 1. The van der Waals surface area contributed by atoms with E-state index in [-0.39, 0.29) is 6.61 Å². The maximum atomic E-state index is 8.59. The van der Waals surface area contributed by atoms with Crippen molar-refractivity contribution in [1.29, 1.82) is 0 Å². The van der Waals surface area contributed by atoms with Gasteiger partial charge >= 0.3 is 0 Å². The highest BCUT2D eigenvalue weighted by Crippen LogP contribution is 2.18. The van der Waals surface area contributed by atoms with E-state index in [1.165, 1.54) is 11.3 Å². The monoisotopic (exact) mass is 198 g/mol. The highest BCUT2D eigenvalue weighted by Gasteiger charge is 2.04. The largest absolute Gasteiger partial charge is 0.395 e. The molecule has 2 N–H and O–H groups in total. The molecule has 0 fully saturated rings. The van der Waals surface area contributed by atoms with Crippen LogP contribution in [0.2, 0.25) is 0 Å². The van der Waals surface area contributed by atoms with E-state index in [4.69, 9.17) is 5.11 Å². The summed E-state index contributed by atoms with van der Waals surface area (Å²) in [6.07, 6.45) is 1.87. The van der Waals surface area contributed by atoms with Crippen molar-refractivity contribution in [2.45, 2.75) is 6.92 Å². The quantitative estimate of drug-likeness (QED) is 0.754. The van der Waals surface area contributed by atoms with Crippen molar-refractivity contribution in [3.63, 3.8) is 0 Å². The first kappa shape index (κ1) is 8.46. The van der Waals surface area contributed by atoms with Crippen LogP contribution in [0.5, 0.6) is 0 Å². The van der Waals surface area contributed by atoms with Crippen LogP contribution in [0, 0.1) is 6.92 Å². The van der Waals surface area contributed by atoms with Crippen LogP contribution in [-0.2, 0) is 0 Å². The van der Waals surface area contributed by atoms with E-state index < -0.39 is 0 Å². The van der Waals surface area contributed by atoms with Gasteiger partial charge in [-0.3, -0.25) is 0 Å². The Balaban J connectivity index is 2.24. The summed E-state index contributed by atoms with van der Waals surface area (Å²) in [6.45, 7) is 2.57. The molecule has 0 aliphatic carbocycles. The third-order valence-electron chi connectivity index (χ3n) is 1.55. The highest BCUT2D eigenvalue weighted by molar-refractivity contribution is 7.20. The fraction of sp³-hybridized carbons (Fsp3) is 0.429. The molecule has 2 rings (SSSR count). The van der Waals surface area contributed by atoms with Crippen LogP contribution < -0.4 is 5.32 Å². The van der Waals surface area contributed by atoms with E-state index in [0.29, 0.717) is 6.54 Å². The number of fused-ring (bicyclic) bond motifs is 1. The molecule has 0 amide bonds. The average Bonchev–Trinajstić information content (AvgIpc) is 2.57. The lowest BCUT2D eigenvalue weighted by atomic mass is 10.6. The summed E-state index contributed by atoms with van der Waals surface area (Å²) in [7, 11) is 0. The minimum atomic E-state index is 0.112. The summed E-state index contributed by atoms with van der Waals surface area (Å²) >= 11 is 1.48. The predicted octanol–water partition coefficient (Wildman–Crippen LogP) is 0.503. The van der Waals surface area contributed by atoms with Crippen molar-refractivity contribution >= 4 is 21.4 Å². The first-order valence-electron chi connectivity index (χ1n) is 3.97. The van der Waals surface area contributed by atoms with E-state index in [2.05, 4.69) is 15.4 Å². The molecule has 0 aliphatic heterocycles. The van der Waals surface area contributed by atoms with E-state index in [0.717, 1.165) is 15.8 Å². The van der Waals surface area contributed by atoms with Crippen LogP contribution in [0.25, 0.3) is 4.96 Å². The number of hydrogen-bond acceptors (Lipinski definition) is 5. The van der Waals surface area contributed by atoms with Crippen LogP contribution in [0.4, 0.5) is 5.13 Å². The molecule has 0 radical (unpaired) electrons. The first-order valence-corrected chi connectivity index (χ1v) is 4.79. The second-order valence-electron chi connectivity index (χ2n) is 2.67. The number of hydrogen-bond donors (Lipinski definition) is 2. The van der Waals surface area contributed by atoms with Gasteiger partial charge in [0.1, 0.15) is 0 Å². The number of aryl methyl sites for hydroxylation is 1. The minimum absolute atomic E-state index is 0.112. The molecule has 0 atom stereocenters. The van der Waals surface area contributed by atoms with Gasteiger partial charge in [-0.2, -0.15) is 0 Å². The summed E-state index contributed by atoms with van der Waals surface area (Å²) in [5, 5.41) is 16.6. The van der Waals surface area contributed by atoms with E-state index in [1.54, 1.807) is 4.52 Å². The molecule has 5 nitrogen and oxygen atoms in total. The summed E-state index contributed by atoms with van der Waals surface area (Å²) in [5.41, 5.74) is 0.965. The molecular formula is C7H10N4OS. The van der Waals surface area contributed by atoms with E-state index in [9.17, 15) is 0 Å². The Hall–Kier alpha value is -1.14. The molecule has 0 aliphatic rings. The third-order valence-corrected chi connectivity index (χ3v) is 2.43. The maximum Gasteiger partial charge on any atom is 0.214 e. The fourth-order valence-electron chi connectivity index (χ4n) is 1.04. The van der Waals surface area contributed by atoms with Gasteiger partial charge < -0.3 is 10.4 Å². The zero-order chi connectivity index (χ0) is 9.26. The lowest BCUT2D eigenvalue weighted by molar-refractivity contribution is 0.311. The molecule has 13 heavy (non-hydrogen) atoms. The third kappa shape index (κ3) is 1.63. The van der Waals surface area contributed by atoms with Crippen LogP contribution in [0.1, 0.15) is 5.69 Å². The van der Waals surface area contributed by atoms with Crippen LogP contribution in [0.15, 0.2) is 6.20 Å². The topological polar surface area (TPSA) is 62.5 Å². The number of nitrogens with zero attached hydrogens (tertiary/aromatic N) is 3. The molecule has 2 aromatic heterocycles. The molecule has 70 valence electrons. The Bertz CT molecular complexity index is 376. The molecule has 0 spiro atoms. The molecule has 0 unspecified atom stereocenters. The molecule has 0 bridgehead atoms. The van der Waals surface area contributed by atoms with Crippen LogP contribution in [0.3, 0.4) is 0 Å². The standard InChI is InChI=1S/C7H10N4OS/c1-5-4-11-7(9-5)13-6(10-11)8-2-3-12/h4,12H,2-3H2,1H3,(H,8,10). The van der Waals surface area contributed by atoms with Gasteiger partial charge in [0.25, 0.3) is 0 Å². The van der Waals surface area contributed by atoms with Crippen molar-refractivity contribution in [3.8, 4) is 0 Å². The zero-order valence-electron chi connectivity index (χ0n) is 7.19. The number of anilines is 1. The Morgan fingerprint density at radius 3 is 3.23 bits per heavy atom. The zero-order valence-corrected chi connectivity index (χ0v) is 8.01. The van der Waals surface area contributed by atoms with E-state index in [1.807, 2.05) is 13.1 Å². The molecule has 0 aromatic carbocycles. The number of rotatable bonds is 3. The SMILES string of the molecule is Cc1cn2nc(NCCO)sc2n1. The summed E-state index contributed by atoms with van der Waals surface area (Å²) < 4.78 is 1.74. The number of imidazole rings is 1. The fourth-order valence-corrected chi connectivity index (χ4v) is 1.90. The van der Waals surface area contributed by atoms with Crippen molar-refractivity contribution < 1.29 is 5.11 Å². The lowest BCUT2D eigenvalue weighted by Crippen LogP contribution is -2.05. The Morgan fingerprint density at radius 1 is 1.69 bits per heavy atom. The molecule has 2 aromatic rings. The van der Waals surface area contributed by atoms with Gasteiger partial charge in [0.15, 0.2) is 0 Å². The maximum absolute atomic E-state index is 8.59. The van der Waals surface area contributed by atoms with E-state index >= 15 is 0 Å². The van der Waals surface area contributed by atoms with Crippen LogP contribution >= 0.6 is 11.3 Å². The van der Waals surface area contributed by atoms with Crippen molar-refractivity contribution in [2.24, 2.45) is 0 Å². The number of aliphatic hydroxyl groups excluding tert-OH is 1. The van der Waals surface area contributed by atoms with Gasteiger partial charge in [-0.05, 0) is 6.92 Å². The number of aliphatic hydroxyl groups is 1. The summed E-state index contributed by atoms with van der Waals surface area (Å²) in [5.74, 6) is 0. The molecule has 6 heteroatoms. The van der Waals surface area contributed by atoms with Gasteiger partial charge in [-0.15, -0.1) is 5.10 Å². The summed E-state index contributed by atoms with van der Waals surface area (Å²) in [6, 6.07) is 0. The second kappa shape index (κ2) is 3.31. The number of aromatic nitrogens is 3. The Kier molecular flexibility index (Phi) is 2.15. The molecule has 0 saturated heterocycles. The highest BCUT2D eigenvalue weighted by atomic mass is 32.1. The molecule has 0 saturated carbocycles. The predicted molar refractivity (Wildman–Crippen MR) is 51.2 cm³/mol. The summed E-state index contributed by atoms with van der Waals surface area (Å²) in [4.78, 5) is 5.13. The average molecular weight is 198 g/mol. The van der Waals surface area contributed by atoms with Gasteiger partial charge in [0, 0.05) is 6.54 Å². The minimum Gasteiger partial charge on any atom is -0.395 e.